The highest BCUT2D eigenvalue weighted by atomic mass is 35.5. The van der Waals surface area contributed by atoms with Crippen LogP contribution in [0.4, 0.5) is 5.69 Å². The number of carbonyl (C=O) groups is 1. The fourth-order valence-electron chi connectivity index (χ4n) is 1.67. The fourth-order valence-corrected chi connectivity index (χ4v) is 2.08. The Labute approximate surface area is 121 Å². The van der Waals surface area contributed by atoms with Gasteiger partial charge < -0.3 is 4.90 Å². The first-order valence-corrected chi connectivity index (χ1v) is 6.74. The second-order valence-corrected chi connectivity index (χ2v) is 4.70. The number of hydrogen-bond acceptors (Lipinski definition) is 3. The standard InChI is InChI=1S/C12H14Cl2N2O3/c1-9-2-3-11(16(18)19)10(8-9)12(17)15(6-4-13)7-5-14/h2-3,8H,4-7H2,1H3. The number of halogens is 2. The molecule has 1 rings (SSSR count). The van der Waals surface area contributed by atoms with Crippen molar-refractivity contribution in [1.82, 2.24) is 4.90 Å². The van der Waals surface area contributed by atoms with Gasteiger partial charge in [-0.3, -0.25) is 14.9 Å². The molecular formula is C12H14Cl2N2O3. The summed E-state index contributed by atoms with van der Waals surface area (Å²) >= 11 is 11.3. The predicted molar refractivity (Wildman–Crippen MR) is 75.2 cm³/mol. The maximum Gasteiger partial charge on any atom is 0.282 e. The van der Waals surface area contributed by atoms with Gasteiger partial charge in [0.25, 0.3) is 11.6 Å². The summed E-state index contributed by atoms with van der Waals surface area (Å²) in [4.78, 5) is 24.1. The van der Waals surface area contributed by atoms with Gasteiger partial charge in [-0.1, -0.05) is 6.07 Å². The van der Waals surface area contributed by atoms with E-state index >= 15 is 0 Å². The van der Waals surface area contributed by atoms with Crippen molar-refractivity contribution in [2.75, 3.05) is 24.8 Å². The highest BCUT2D eigenvalue weighted by Gasteiger charge is 2.24. The molecule has 0 atom stereocenters. The number of hydrogen-bond donors (Lipinski definition) is 0. The molecule has 7 heteroatoms. The van der Waals surface area contributed by atoms with Gasteiger partial charge in [-0.2, -0.15) is 0 Å². The molecule has 0 fully saturated rings. The second-order valence-electron chi connectivity index (χ2n) is 3.95. The van der Waals surface area contributed by atoms with Crippen LogP contribution in [-0.2, 0) is 0 Å². The summed E-state index contributed by atoms with van der Waals surface area (Å²) in [5.41, 5.74) is 0.649. The minimum Gasteiger partial charge on any atom is -0.336 e. The van der Waals surface area contributed by atoms with Gasteiger partial charge in [0.15, 0.2) is 0 Å². The van der Waals surface area contributed by atoms with E-state index in [-0.39, 0.29) is 23.0 Å². The molecule has 5 nitrogen and oxygen atoms in total. The molecule has 0 aliphatic rings. The molecule has 0 radical (unpaired) electrons. The van der Waals surface area contributed by atoms with Crippen molar-refractivity contribution in [3.05, 3.63) is 39.4 Å². The van der Waals surface area contributed by atoms with E-state index < -0.39 is 10.8 Å². The van der Waals surface area contributed by atoms with Gasteiger partial charge in [0, 0.05) is 30.9 Å². The molecule has 0 aliphatic carbocycles. The Morgan fingerprint density at radius 2 is 1.89 bits per heavy atom. The number of nitro groups is 1. The van der Waals surface area contributed by atoms with Gasteiger partial charge in [-0.15, -0.1) is 23.2 Å². The van der Waals surface area contributed by atoms with E-state index in [0.29, 0.717) is 13.1 Å². The van der Waals surface area contributed by atoms with Crippen molar-refractivity contribution < 1.29 is 9.72 Å². The lowest BCUT2D eigenvalue weighted by Crippen LogP contribution is -2.34. The number of rotatable bonds is 6. The molecule has 0 bridgehead atoms. The molecule has 1 aromatic carbocycles. The third kappa shape index (κ3) is 4.08. The molecule has 0 heterocycles. The number of alkyl halides is 2. The zero-order chi connectivity index (χ0) is 14.4. The van der Waals surface area contributed by atoms with Crippen LogP contribution in [0.1, 0.15) is 15.9 Å². The van der Waals surface area contributed by atoms with Crippen LogP contribution in [-0.4, -0.2) is 40.6 Å². The summed E-state index contributed by atoms with van der Waals surface area (Å²) in [5, 5.41) is 11.0. The summed E-state index contributed by atoms with van der Waals surface area (Å²) in [5.74, 6) is 0.0847. The minimum absolute atomic E-state index is 0.0697. The average Bonchev–Trinajstić information content (AvgIpc) is 2.37. The summed E-state index contributed by atoms with van der Waals surface area (Å²) in [6.45, 7) is 2.38. The molecule has 1 aromatic rings. The molecule has 0 saturated heterocycles. The van der Waals surface area contributed by atoms with Gasteiger partial charge in [-0.25, -0.2) is 0 Å². The van der Waals surface area contributed by atoms with Crippen molar-refractivity contribution >= 4 is 34.8 Å². The summed E-state index contributed by atoms with van der Waals surface area (Å²) < 4.78 is 0. The lowest BCUT2D eigenvalue weighted by molar-refractivity contribution is -0.385. The monoisotopic (exact) mass is 304 g/mol. The van der Waals surface area contributed by atoms with Crippen molar-refractivity contribution in [3.8, 4) is 0 Å². The maximum absolute atomic E-state index is 12.3. The first kappa shape index (κ1) is 15.7. The smallest absolute Gasteiger partial charge is 0.282 e. The minimum atomic E-state index is -0.563. The number of nitrogens with zero attached hydrogens (tertiary/aromatic N) is 2. The lowest BCUT2D eigenvalue weighted by atomic mass is 10.1. The molecule has 0 unspecified atom stereocenters. The first-order valence-electron chi connectivity index (χ1n) is 5.67. The van der Waals surface area contributed by atoms with Gasteiger partial charge >= 0.3 is 0 Å². The highest BCUT2D eigenvalue weighted by Crippen LogP contribution is 2.21. The molecule has 104 valence electrons. The quantitative estimate of drug-likeness (QED) is 0.461. The van der Waals surface area contributed by atoms with E-state index in [1.165, 1.54) is 17.0 Å². The molecule has 0 N–H and O–H groups in total. The van der Waals surface area contributed by atoms with E-state index in [0.717, 1.165) is 5.56 Å². The van der Waals surface area contributed by atoms with Crippen LogP contribution in [0, 0.1) is 17.0 Å². The van der Waals surface area contributed by atoms with Gasteiger partial charge in [0.05, 0.1) is 4.92 Å². The van der Waals surface area contributed by atoms with Crippen molar-refractivity contribution in [2.24, 2.45) is 0 Å². The average molecular weight is 305 g/mol. The zero-order valence-corrected chi connectivity index (χ0v) is 11.9. The molecule has 1 amide bonds. The van der Waals surface area contributed by atoms with Gasteiger partial charge in [0.1, 0.15) is 5.56 Å². The number of aryl methyl sites for hydroxylation is 1. The topological polar surface area (TPSA) is 63.5 Å². The van der Waals surface area contributed by atoms with Crippen LogP contribution in [0.3, 0.4) is 0 Å². The van der Waals surface area contributed by atoms with Crippen LogP contribution >= 0.6 is 23.2 Å². The first-order chi connectivity index (χ1) is 9.01. The van der Waals surface area contributed by atoms with E-state index in [1.807, 2.05) is 0 Å². The summed E-state index contributed by atoms with van der Waals surface area (Å²) in [6.07, 6.45) is 0. The second kappa shape index (κ2) is 7.31. The van der Waals surface area contributed by atoms with E-state index in [9.17, 15) is 14.9 Å². The number of carbonyl (C=O) groups excluding carboxylic acids is 1. The Kier molecular flexibility index (Phi) is 6.05. The van der Waals surface area contributed by atoms with E-state index in [4.69, 9.17) is 23.2 Å². The number of amides is 1. The Bertz CT molecular complexity index is 474. The number of benzene rings is 1. The highest BCUT2D eigenvalue weighted by molar-refractivity contribution is 6.18. The molecular weight excluding hydrogens is 291 g/mol. The third-order valence-electron chi connectivity index (χ3n) is 2.58. The van der Waals surface area contributed by atoms with Gasteiger partial charge in [0.2, 0.25) is 0 Å². The van der Waals surface area contributed by atoms with Crippen LogP contribution in [0.15, 0.2) is 18.2 Å². The Balaban J connectivity index is 3.15. The molecule has 0 aromatic heterocycles. The lowest BCUT2D eigenvalue weighted by Gasteiger charge is -2.20. The predicted octanol–water partition coefficient (Wildman–Crippen LogP) is 2.82. The normalized spacial score (nSPS) is 10.3. The SMILES string of the molecule is Cc1ccc([N+](=O)[O-])c(C(=O)N(CCCl)CCCl)c1. The maximum atomic E-state index is 12.3. The Morgan fingerprint density at radius 1 is 1.32 bits per heavy atom. The van der Waals surface area contributed by atoms with Crippen LogP contribution < -0.4 is 0 Å². The summed E-state index contributed by atoms with van der Waals surface area (Å²) in [7, 11) is 0. The van der Waals surface area contributed by atoms with Crippen LogP contribution in [0.25, 0.3) is 0 Å². The van der Waals surface area contributed by atoms with Crippen molar-refractivity contribution in [2.45, 2.75) is 6.92 Å². The number of nitro benzene ring substituents is 1. The fraction of sp³-hybridized carbons (Fsp3) is 0.417. The van der Waals surface area contributed by atoms with E-state index in [1.54, 1.807) is 13.0 Å². The molecule has 19 heavy (non-hydrogen) atoms. The third-order valence-corrected chi connectivity index (χ3v) is 2.91. The Hall–Kier alpha value is -1.33. The molecule has 0 spiro atoms. The molecule has 0 aliphatic heterocycles. The van der Waals surface area contributed by atoms with Crippen molar-refractivity contribution in [3.63, 3.8) is 0 Å². The molecule has 0 saturated carbocycles. The van der Waals surface area contributed by atoms with Crippen molar-refractivity contribution in [1.29, 1.82) is 0 Å². The Morgan fingerprint density at radius 3 is 2.37 bits per heavy atom. The zero-order valence-electron chi connectivity index (χ0n) is 10.4. The summed E-state index contributed by atoms with van der Waals surface area (Å²) in [6, 6.07) is 4.44. The van der Waals surface area contributed by atoms with Crippen LogP contribution in [0.5, 0.6) is 0 Å². The largest absolute Gasteiger partial charge is 0.336 e. The van der Waals surface area contributed by atoms with Crippen LogP contribution in [0.2, 0.25) is 0 Å². The van der Waals surface area contributed by atoms with E-state index in [2.05, 4.69) is 0 Å². The van der Waals surface area contributed by atoms with Gasteiger partial charge in [-0.05, 0) is 18.6 Å².